The summed E-state index contributed by atoms with van der Waals surface area (Å²) in [6.45, 7) is 0. The zero-order chi connectivity index (χ0) is 19.4. The highest BCUT2D eigenvalue weighted by Gasteiger charge is 2.18. The number of hydrogen-bond donors (Lipinski definition) is 0. The molecular weight excluding hydrogens is 360 g/mol. The van der Waals surface area contributed by atoms with Gasteiger partial charge in [-0.25, -0.2) is 0 Å². The Labute approximate surface area is 172 Å². The number of hydrogen-bond acceptors (Lipinski definition) is 0. The van der Waals surface area contributed by atoms with Crippen LogP contribution >= 0.6 is 0 Å². The summed E-state index contributed by atoms with van der Waals surface area (Å²) in [6, 6.07) is 36.3. The van der Waals surface area contributed by atoms with Gasteiger partial charge >= 0.3 is 0 Å². The summed E-state index contributed by atoms with van der Waals surface area (Å²) in [5.74, 6) is 0. The van der Waals surface area contributed by atoms with Crippen molar-refractivity contribution < 1.29 is 0 Å². The van der Waals surface area contributed by atoms with Crippen LogP contribution in [0.3, 0.4) is 0 Å². The highest BCUT2D eigenvalue weighted by molar-refractivity contribution is 6.42. The maximum atomic E-state index is 2.45. The molecule has 0 radical (unpaired) electrons. The predicted molar refractivity (Wildman–Crippen MR) is 131 cm³/mol. The molecule has 0 amide bonds. The molecule has 0 bridgehead atoms. The lowest BCUT2D eigenvalue weighted by atomic mass is 9.84. The smallest absolute Gasteiger partial charge is 0.00137 e. The zero-order valence-electron chi connectivity index (χ0n) is 16.2. The Morgan fingerprint density at radius 2 is 0.833 bits per heavy atom. The van der Waals surface area contributed by atoms with E-state index in [1.165, 1.54) is 75.4 Å². The first-order valence-electron chi connectivity index (χ1n) is 10.5. The fourth-order valence-electron chi connectivity index (χ4n) is 5.85. The van der Waals surface area contributed by atoms with E-state index >= 15 is 0 Å². The third-order valence-corrected chi connectivity index (χ3v) is 7.12. The molecule has 30 heavy (non-hydrogen) atoms. The summed E-state index contributed by atoms with van der Waals surface area (Å²) in [4.78, 5) is 0. The van der Waals surface area contributed by atoms with Crippen molar-refractivity contribution in [1.82, 2.24) is 0 Å². The van der Waals surface area contributed by atoms with Gasteiger partial charge in [-0.15, -0.1) is 0 Å². The average Bonchev–Trinajstić information content (AvgIpc) is 2.81. The van der Waals surface area contributed by atoms with E-state index in [2.05, 4.69) is 97.1 Å². The van der Waals surface area contributed by atoms with Gasteiger partial charge in [0, 0.05) is 0 Å². The largest absolute Gasteiger partial charge is 0.0616 e. The van der Waals surface area contributed by atoms with Crippen molar-refractivity contribution >= 4 is 75.4 Å². The summed E-state index contributed by atoms with van der Waals surface area (Å²) < 4.78 is 0. The van der Waals surface area contributed by atoms with Gasteiger partial charge in [0.2, 0.25) is 0 Å². The minimum atomic E-state index is 1.30. The van der Waals surface area contributed by atoms with Crippen LogP contribution in [0.25, 0.3) is 75.4 Å². The first kappa shape index (κ1) is 15.0. The highest BCUT2D eigenvalue weighted by atomic mass is 14.2. The summed E-state index contributed by atoms with van der Waals surface area (Å²) in [6.07, 6.45) is 0. The second-order valence-corrected chi connectivity index (χ2v) is 8.53. The number of fused-ring (bicyclic) bond motifs is 5. The Morgan fingerprint density at radius 1 is 0.267 bits per heavy atom. The number of benzene rings is 8. The lowest BCUT2D eigenvalue weighted by molar-refractivity contribution is 1.79. The van der Waals surface area contributed by atoms with E-state index in [1.807, 2.05) is 0 Å². The maximum absolute atomic E-state index is 2.45. The average molecular weight is 376 g/mol. The van der Waals surface area contributed by atoms with Crippen LogP contribution in [0.2, 0.25) is 0 Å². The molecule has 0 aromatic heterocycles. The van der Waals surface area contributed by atoms with E-state index in [0.717, 1.165) is 0 Å². The van der Waals surface area contributed by atoms with Crippen molar-refractivity contribution in [3.63, 3.8) is 0 Å². The second-order valence-electron chi connectivity index (χ2n) is 8.53. The Bertz CT molecular complexity index is 1930. The van der Waals surface area contributed by atoms with Gasteiger partial charge in [0.15, 0.2) is 0 Å². The third-order valence-electron chi connectivity index (χ3n) is 7.12. The monoisotopic (exact) mass is 376 g/mol. The molecule has 0 heteroatoms. The van der Waals surface area contributed by atoms with Crippen molar-refractivity contribution in [3.05, 3.63) is 97.1 Å². The Balaban J connectivity index is 1.82. The molecule has 0 spiro atoms. The molecule has 0 unspecified atom stereocenters. The van der Waals surface area contributed by atoms with Gasteiger partial charge in [0.1, 0.15) is 0 Å². The molecule has 0 aliphatic rings. The van der Waals surface area contributed by atoms with Crippen molar-refractivity contribution in [1.29, 1.82) is 0 Å². The van der Waals surface area contributed by atoms with Gasteiger partial charge in [-0.3, -0.25) is 0 Å². The van der Waals surface area contributed by atoms with Crippen LogP contribution in [0.4, 0.5) is 0 Å². The van der Waals surface area contributed by atoms with Crippen LogP contribution in [-0.4, -0.2) is 0 Å². The van der Waals surface area contributed by atoms with Crippen LogP contribution in [0.1, 0.15) is 0 Å². The molecule has 136 valence electrons. The van der Waals surface area contributed by atoms with Crippen LogP contribution in [0.5, 0.6) is 0 Å². The van der Waals surface area contributed by atoms with Crippen molar-refractivity contribution in [2.24, 2.45) is 0 Å². The molecule has 8 aromatic carbocycles. The fraction of sp³-hybridized carbons (Fsp3) is 0. The van der Waals surface area contributed by atoms with E-state index in [9.17, 15) is 0 Å². The Kier molecular flexibility index (Phi) is 2.49. The standard InChI is InChI=1S/C30H16/c1-2-6-21-17(4-1)12-14-22-24-15-13-20-11-10-19-9-8-18-5-3-7-23-26(16-25(21)22)30(24)29(20)28(19)27(18)23/h1-16H. The summed E-state index contributed by atoms with van der Waals surface area (Å²) in [5.41, 5.74) is 0. The fourth-order valence-corrected chi connectivity index (χ4v) is 5.85. The minimum Gasteiger partial charge on any atom is -0.0616 e. The normalized spacial score (nSPS) is 12.7. The first-order valence-corrected chi connectivity index (χ1v) is 10.5. The van der Waals surface area contributed by atoms with E-state index in [-0.39, 0.29) is 0 Å². The molecule has 0 nitrogen and oxygen atoms in total. The second kappa shape index (κ2) is 4.98. The molecule has 0 heterocycles. The van der Waals surface area contributed by atoms with E-state index < -0.39 is 0 Å². The van der Waals surface area contributed by atoms with Gasteiger partial charge in [-0.05, 0) is 81.5 Å². The predicted octanol–water partition coefficient (Wildman–Crippen LogP) is 8.63. The summed E-state index contributed by atoms with van der Waals surface area (Å²) in [7, 11) is 0. The molecule has 0 aliphatic carbocycles. The van der Waals surface area contributed by atoms with Crippen LogP contribution in [0, 0.1) is 0 Å². The van der Waals surface area contributed by atoms with E-state index in [0.29, 0.717) is 0 Å². The molecule has 0 saturated heterocycles. The van der Waals surface area contributed by atoms with Crippen LogP contribution < -0.4 is 0 Å². The maximum Gasteiger partial charge on any atom is -0.00137 e. The van der Waals surface area contributed by atoms with Crippen molar-refractivity contribution in [3.8, 4) is 0 Å². The van der Waals surface area contributed by atoms with Crippen molar-refractivity contribution in [2.75, 3.05) is 0 Å². The van der Waals surface area contributed by atoms with E-state index in [4.69, 9.17) is 0 Å². The summed E-state index contributed by atoms with van der Waals surface area (Å²) >= 11 is 0. The summed E-state index contributed by atoms with van der Waals surface area (Å²) in [5, 5.41) is 19.1. The molecule has 0 fully saturated rings. The highest BCUT2D eigenvalue weighted by Crippen LogP contribution is 2.47. The third kappa shape index (κ3) is 1.62. The minimum absolute atomic E-state index is 1.30. The molecule has 8 rings (SSSR count). The molecule has 0 saturated carbocycles. The topological polar surface area (TPSA) is 0 Å². The number of rotatable bonds is 0. The molecule has 8 aromatic rings. The van der Waals surface area contributed by atoms with Gasteiger partial charge in [0.25, 0.3) is 0 Å². The molecule has 0 atom stereocenters. The lowest BCUT2D eigenvalue weighted by Crippen LogP contribution is -1.91. The SMILES string of the molecule is c1ccc2c(c1)ccc1c2cc2c3cccc4ccc5ccc6ccc1c2c6c5c43. The molecular formula is C30H16. The Morgan fingerprint density at radius 3 is 1.70 bits per heavy atom. The van der Waals surface area contributed by atoms with Crippen LogP contribution in [-0.2, 0) is 0 Å². The quantitative estimate of drug-likeness (QED) is 0.183. The van der Waals surface area contributed by atoms with Gasteiger partial charge in [0.05, 0.1) is 0 Å². The van der Waals surface area contributed by atoms with Crippen LogP contribution in [0.15, 0.2) is 97.1 Å². The molecule has 0 aliphatic heterocycles. The Hall–Kier alpha value is -3.90. The molecule has 0 N–H and O–H groups in total. The van der Waals surface area contributed by atoms with Gasteiger partial charge < -0.3 is 0 Å². The zero-order valence-corrected chi connectivity index (χ0v) is 16.2. The first-order chi connectivity index (χ1) is 14.9. The van der Waals surface area contributed by atoms with Gasteiger partial charge in [-0.1, -0.05) is 91.0 Å². The van der Waals surface area contributed by atoms with E-state index in [1.54, 1.807) is 0 Å². The lowest BCUT2D eigenvalue weighted by Gasteiger charge is -2.19. The van der Waals surface area contributed by atoms with Gasteiger partial charge in [-0.2, -0.15) is 0 Å². The van der Waals surface area contributed by atoms with Crippen molar-refractivity contribution in [2.45, 2.75) is 0 Å².